The fraction of sp³-hybridized carbons (Fsp3) is 0.464. The van der Waals surface area contributed by atoms with Crippen LogP contribution in [0.1, 0.15) is 68.9 Å². The molecule has 1 aliphatic carbocycles. The van der Waals surface area contributed by atoms with Crippen molar-refractivity contribution >= 4 is 5.97 Å². The molecule has 0 atom stereocenters. The van der Waals surface area contributed by atoms with Gasteiger partial charge in [-0.2, -0.15) is 0 Å². The van der Waals surface area contributed by atoms with Crippen molar-refractivity contribution in [3.05, 3.63) is 65.7 Å². The van der Waals surface area contributed by atoms with Crippen molar-refractivity contribution in [1.29, 1.82) is 0 Å². The third-order valence-electron chi connectivity index (χ3n) is 6.68. The molecule has 3 nitrogen and oxygen atoms in total. The van der Waals surface area contributed by atoms with Gasteiger partial charge in [-0.3, -0.25) is 4.39 Å². The van der Waals surface area contributed by atoms with E-state index in [4.69, 9.17) is 9.84 Å². The van der Waals surface area contributed by atoms with E-state index < -0.39 is 12.6 Å². The first kappa shape index (κ1) is 24.2. The van der Waals surface area contributed by atoms with Crippen molar-refractivity contribution in [2.24, 2.45) is 5.92 Å². The van der Waals surface area contributed by atoms with Gasteiger partial charge in [0, 0.05) is 0 Å². The zero-order valence-corrected chi connectivity index (χ0v) is 19.1. The first-order valence-electron chi connectivity index (χ1n) is 11.9. The van der Waals surface area contributed by atoms with Gasteiger partial charge < -0.3 is 9.84 Å². The third-order valence-corrected chi connectivity index (χ3v) is 6.68. The number of hydrogen-bond donors (Lipinski definition) is 1. The molecule has 0 saturated heterocycles. The van der Waals surface area contributed by atoms with Gasteiger partial charge in [-0.1, -0.05) is 56.7 Å². The minimum atomic E-state index is -0.608. The number of unbranched alkanes of at least 4 members (excludes halogenated alkanes) is 1. The molecule has 0 radical (unpaired) electrons. The number of alkyl halides is 1. The molecule has 1 aliphatic rings. The van der Waals surface area contributed by atoms with E-state index >= 15 is 0 Å². The lowest BCUT2D eigenvalue weighted by atomic mass is 9.77. The maximum atomic E-state index is 12.3. The lowest BCUT2D eigenvalue weighted by molar-refractivity contribution is -0.130. The van der Waals surface area contributed by atoms with Gasteiger partial charge in [0.05, 0.1) is 18.9 Å². The molecule has 32 heavy (non-hydrogen) atoms. The summed E-state index contributed by atoms with van der Waals surface area (Å²) in [5.74, 6) is 1.24. The lowest BCUT2D eigenvalue weighted by Gasteiger charge is -2.29. The molecule has 0 aromatic heterocycles. The van der Waals surface area contributed by atoms with E-state index in [0.29, 0.717) is 18.1 Å². The number of rotatable bonds is 10. The van der Waals surface area contributed by atoms with Gasteiger partial charge in [-0.25, -0.2) is 4.79 Å². The fourth-order valence-corrected chi connectivity index (χ4v) is 4.70. The summed E-state index contributed by atoms with van der Waals surface area (Å²) in [5.41, 5.74) is 4.84. The van der Waals surface area contributed by atoms with Gasteiger partial charge in [0.25, 0.3) is 0 Å². The van der Waals surface area contributed by atoms with Crippen molar-refractivity contribution in [3.63, 3.8) is 0 Å². The highest BCUT2D eigenvalue weighted by Crippen LogP contribution is 2.38. The van der Waals surface area contributed by atoms with Crippen LogP contribution in [0.5, 0.6) is 5.75 Å². The summed E-state index contributed by atoms with van der Waals surface area (Å²) in [7, 11) is 0. The SMILES string of the molecule is C=C(CO)C(=O)Oc1ccc(-c2ccc(C3CCC(CCCCF)CC3)cc2)c(CC)c1. The quantitative estimate of drug-likeness (QED) is 0.192. The van der Waals surface area contributed by atoms with Crippen molar-refractivity contribution in [1.82, 2.24) is 0 Å². The van der Waals surface area contributed by atoms with Gasteiger partial charge in [0.1, 0.15) is 5.75 Å². The summed E-state index contributed by atoms with van der Waals surface area (Å²) in [5, 5.41) is 9.04. The molecule has 3 rings (SSSR count). The second-order valence-corrected chi connectivity index (χ2v) is 8.85. The molecule has 2 aromatic rings. The molecule has 0 unspecified atom stereocenters. The number of aliphatic hydroxyl groups excluding tert-OH is 1. The van der Waals surface area contributed by atoms with E-state index in [9.17, 15) is 9.18 Å². The summed E-state index contributed by atoms with van der Waals surface area (Å²) < 4.78 is 17.6. The van der Waals surface area contributed by atoms with Crippen LogP contribution in [0.25, 0.3) is 11.1 Å². The summed E-state index contributed by atoms with van der Waals surface area (Å²) in [6, 6.07) is 14.5. The number of hydrogen-bond acceptors (Lipinski definition) is 3. The summed E-state index contributed by atoms with van der Waals surface area (Å²) >= 11 is 0. The first-order valence-corrected chi connectivity index (χ1v) is 11.9. The molecule has 1 fully saturated rings. The van der Waals surface area contributed by atoms with Crippen LogP contribution in [-0.2, 0) is 11.2 Å². The highest BCUT2D eigenvalue weighted by atomic mass is 19.1. The number of esters is 1. The third kappa shape index (κ3) is 6.29. The number of carbonyl (C=O) groups excluding carboxylic acids is 1. The predicted octanol–water partition coefficient (Wildman–Crippen LogP) is 6.78. The number of aliphatic hydroxyl groups is 1. The topological polar surface area (TPSA) is 46.5 Å². The molecule has 172 valence electrons. The molecule has 4 heteroatoms. The van der Waals surface area contributed by atoms with Crippen LogP contribution in [0.2, 0.25) is 0 Å². The van der Waals surface area contributed by atoms with Crippen molar-refractivity contribution in [2.45, 2.75) is 64.2 Å². The first-order chi connectivity index (χ1) is 15.5. The molecule has 0 heterocycles. The van der Waals surface area contributed by atoms with Crippen LogP contribution in [0, 0.1) is 5.92 Å². The van der Waals surface area contributed by atoms with Gasteiger partial charge in [-0.05, 0) is 84.7 Å². The number of aryl methyl sites for hydroxylation is 1. The van der Waals surface area contributed by atoms with E-state index in [0.717, 1.165) is 35.4 Å². The zero-order valence-electron chi connectivity index (χ0n) is 19.1. The fourth-order valence-electron chi connectivity index (χ4n) is 4.70. The Morgan fingerprint density at radius 2 is 1.81 bits per heavy atom. The number of carbonyl (C=O) groups is 1. The Hall–Kier alpha value is -2.46. The van der Waals surface area contributed by atoms with Gasteiger partial charge >= 0.3 is 5.97 Å². The van der Waals surface area contributed by atoms with Crippen LogP contribution in [0.15, 0.2) is 54.6 Å². The second-order valence-electron chi connectivity index (χ2n) is 8.85. The molecule has 0 spiro atoms. The summed E-state index contributed by atoms with van der Waals surface area (Å²) in [6.07, 6.45) is 8.67. The zero-order chi connectivity index (χ0) is 22.9. The van der Waals surface area contributed by atoms with E-state index in [1.54, 1.807) is 6.07 Å². The lowest BCUT2D eigenvalue weighted by Crippen LogP contribution is -2.13. The maximum absolute atomic E-state index is 12.3. The highest BCUT2D eigenvalue weighted by Gasteiger charge is 2.22. The molecule has 2 aromatic carbocycles. The molecule has 0 amide bonds. The number of benzene rings is 2. The van der Waals surface area contributed by atoms with Crippen LogP contribution in [0.3, 0.4) is 0 Å². The molecule has 1 saturated carbocycles. The van der Waals surface area contributed by atoms with E-state index in [1.807, 2.05) is 12.1 Å². The highest BCUT2D eigenvalue weighted by molar-refractivity contribution is 5.89. The predicted molar refractivity (Wildman–Crippen MR) is 128 cm³/mol. The average Bonchev–Trinajstić information content (AvgIpc) is 2.84. The monoisotopic (exact) mass is 438 g/mol. The number of halogens is 1. The Kier molecular flexibility index (Phi) is 9.04. The van der Waals surface area contributed by atoms with Gasteiger partial charge in [0.2, 0.25) is 0 Å². The normalized spacial score (nSPS) is 18.3. The van der Waals surface area contributed by atoms with E-state index in [1.165, 1.54) is 37.7 Å². The Bertz CT molecular complexity index is 895. The minimum Gasteiger partial charge on any atom is -0.423 e. The number of ether oxygens (including phenoxy) is 1. The maximum Gasteiger partial charge on any atom is 0.341 e. The molecule has 0 bridgehead atoms. The van der Waals surface area contributed by atoms with Crippen LogP contribution in [0.4, 0.5) is 4.39 Å². The van der Waals surface area contributed by atoms with Gasteiger partial charge in [0.15, 0.2) is 0 Å². The van der Waals surface area contributed by atoms with Crippen molar-refractivity contribution < 1.29 is 19.0 Å². The van der Waals surface area contributed by atoms with Crippen molar-refractivity contribution in [3.8, 4) is 16.9 Å². The Balaban J connectivity index is 1.64. The summed E-state index contributed by atoms with van der Waals surface area (Å²) in [6.45, 7) is 4.99. The van der Waals surface area contributed by atoms with Crippen LogP contribution < -0.4 is 4.74 Å². The molecule has 0 aliphatic heterocycles. The second kappa shape index (κ2) is 12.0. The van der Waals surface area contributed by atoms with Crippen LogP contribution >= 0.6 is 0 Å². The smallest absolute Gasteiger partial charge is 0.341 e. The van der Waals surface area contributed by atoms with Gasteiger partial charge in [-0.15, -0.1) is 0 Å². The van der Waals surface area contributed by atoms with E-state index in [2.05, 4.69) is 37.8 Å². The molecule has 1 N–H and O–H groups in total. The Morgan fingerprint density at radius 1 is 1.09 bits per heavy atom. The minimum absolute atomic E-state index is 0.0384. The van der Waals surface area contributed by atoms with E-state index in [-0.39, 0.29) is 12.2 Å². The Labute approximate surface area is 191 Å². The standard InChI is InChI=1S/C28H35FO3/c1-3-22-18-26(32-28(31)20(2)19-30)15-16-27(22)25-13-11-24(12-14-25)23-9-7-21(8-10-23)6-4-5-17-29/h11-16,18,21,23,30H,2-10,17,19H2,1H3. The largest absolute Gasteiger partial charge is 0.423 e. The average molecular weight is 439 g/mol. The molecular weight excluding hydrogens is 403 g/mol. The molecular formula is C28H35FO3. The van der Waals surface area contributed by atoms with Crippen molar-refractivity contribution in [2.75, 3.05) is 13.3 Å². The summed E-state index contributed by atoms with van der Waals surface area (Å²) in [4.78, 5) is 11.9. The van der Waals surface area contributed by atoms with Crippen LogP contribution in [-0.4, -0.2) is 24.4 Å². The Morgan fingerprint density at radius 3 is 2.44 bits per heavy atom.